The zero-order valence-electron chi connectivity index (χ0n) is 10.2. The molecular formula is C14H21NO. The van der Waals surface area contributed by atoms with Gasteiger partial charge in [-0.05, 0) is 37.8 Å². The lowest BCUT2D eigenvalue weighted by molar-refractivity contribution is 0.124. The van der Waals surface area contributed by atoms with E-state index in [2.05, 4.69) is 36.5 Å². The summed E-state index contributed by atoms with van der Waals surface area (Å²) in [5.41, 5.74) is 2.74. The van der Waals surface area contributed by atoms with Gasteiger partial charge in [0.05, 0.1) is 0 Å². The second kappa shape index (κ2) is 5.46. The molecule has 1 aliphatic heterocycles. The van der Waals surface area contributed by atoms with E-state index in [9.17, 15) is 0 Å². The van der Waals surface area contributed by atoms with E-state index in [0.29, 0.717) is 12.0 Å². The molecule has 1 aromatic carbocycles. The third kappa shape index (κ3) is 2.83. The lowest BCUT2D eigenvalue weighted by Gasteiger charge is -2.30. The fraction of sp³-hybridized carbons (Fsp3) is 0.571. The number of hydrogen-bond acceptors (Lipinski definition) is 2. The van der Waals surface area contributed by atoms with Gasteiger partial charge in [-0.2, -0.15) is 0 Å². The first kappa shape index (κ1) is 11.6. The molecule has 1 saturated heterocycles. The van der Waals surface area contributed by atoms with Gasteiger partial charge in [-0.15, -0.1) is 0 Å². The lowest BCUT2D eigenvalue weighted by Crippen LogP contribution is -2.33. The first-order valence-electron chi connectivity index (χ1n) is 6.08. The Morgan fingerprint density at radius 1 is 1.31 bits per heavy atom. The number of aryl methyl sites for hydroxylation is 1. The van der Waals surface area contributed by atoms with Gasteiger partial charge in [0.2, 0.25) is 0 Å². The highest BCUT2D eigenvalue weighted by Gasteiger charge is 2.22. The van der Waals surface area contributed by atoms with Crippen molar-refractivity contribution in [1.82, 2.24) is 5.32 Å². The van der Waals surface area contributed by atoms with Gasteiger partial charge in [0.15, 0.2) is 0 Å². The van der Waals surface area contributed by atoms with Gasteiger partial charge in [0.1, 0.15) is 0 Å². The van der Waals surface area contributed by atoms with Gasteiger partial charge in [-0.1, -0.05) is 29.8 Å². The summed E-state index contributed by atoms with van der Waals surface area (Å²) in [4.78, 5) is 0. The van der Waals surface area contributed by atoms with E-state index in [1.165, 1.54) is 24.0 Å². The molecule has 1 heterocycles. The smallest absolute Gasteiger partial charge is 0.0491 e. The number of piperidine rings is 1. The second-order valence-corrected chi connectivity index (χ2v) is 4.76. The summed E-state index contributed by atoms with van der Waals surface area (Å²) in [7, 11) is 1.79. The van der Waals surface area contributed by atoms with Crippen molar-refractivity contribution in [3.8, 4) is 0 Å². The second-order valence-electron chi connectivity index (χ2n) is 4.76. The van der Waals surface area contributed by atoms with E-state index in [1.807, 2.05) is 0 Å². The highest BCUT2D eigenvalue weighted by atomic mass is 16.5. The molecule has 0 saturated carbocycles. The SMILES string of the molecule is COCC1CCNC(c2ccc(C)cc2)C1. The average Bonchev–Trinajstić information content (AvgIpc) is 2.31. The molecule has 0 spiro atoms. The van der Waals surface area contributed by atoms with Gasteiger partial charge in [-0.3, -0.25) is 0 Å². The van der Waals surface area contributed by atoms with Crippen LogP contribution in [0.1, 0.15) is 30.0 Å². The van der Waals surface area contributed by atoms with Gasteiger partial charge in [0.25, 0.3) is 0 Å². The summed E-state index contributed by atoms with van der Waals surface area (Å²) in [6, 6.07) is 9.37. The fourth-order valence-corrected chi connectivity index (χ4v) is 2.44. The molecule has 1 aliphatic rings. The molecule has 2 atom stereocenters. The van der Waals surface area contributed by atoms with Crippen LogP contribution in [-0.4, -0.2) is 20.3 Å². The monoisotopic (exact) mass is 219 g/mol. The standard InChI is InChI=1S/C14H21NO/c1-11-3-5-13(6-4-11)14-9-12(10-16-2)7-8-15-14/h3-6,12,14-15H,7-10H2,1-2H3. The van der Waals surface area contributed by atoms with Crippen LogP contribution in [0.2, 0.25) is 0 Å². The van der Waals surface area contributed by atoms with Crippen LogP contribution in [0.15, 0.2) is 24.3 Å². The average molecular weight is 219 g/mol. The van der Waals surface area contributed by atoms with Crippen molar-refractivity contribution in [2.45, 2.75) is 25.8 Å². The summed E-state index contributed by atoms with van der Waals surface area (Å²) in [5, 5.41) is 3.59. The summed E-state index contributed by atoms with van der Waals surface area (Å²) in [6.45, 7) is 4.13. The number of hydrogen-bond donors (Lipinski definition) is 1. The number of nitrogens with one attached hydrogen (secondary N) is 1. The minimum atomic E-state index is 0.509. The summed E-state index contributed by atoms with van der Waals surface area (Å²) >= 11 is 0. The molecule has 0 radical (unpaired) electrons. The third-order valence-electron chi connectivity index (χ3n) is 3.39. The van der Waals surface area contributed by atoms with Crippen LogP contribution < -0.4 is 5.32 Å². The maximum absolute atomic E-state index is 5.26. The molecule has 2 nitrogen and oxygen atoms in total. The first-order chi connectivity index (χ1) is 7.79. The van der Waals surface area contributed by atoms with Gasteiger partial charge >= 0.3 is 0 Å². The van der Waals surface area contributed by atoms with Crippen LogP contribution in [0.25, 0.3) is 0 Å². The lowest BCUT2D eigenvalue weighted by atomic mass is 9.89. The minimum Gasteiger partial charge on any atom is -0.384 e. The van der Waals surface area contributed by atoms with Crippen molar-refractivity contribution in [1.29, 1.82) is 0 Å². The van der Waals surface area contributed by atoms with Crippen LogP contribution in [-0.2, 0) is 4.74 Å². The van der Waals surface area contributed by atoms with Gasteiger partial charge in [0, 0.05) is 19.8 Å². The highest BCUT2D eigenvalue weighted by Crippen LogP contribution is 2.27. The molecule has 0 aliphatic carbocycles. The summed E-state index contributed by atoms with van der Waals surface area (Å²) in [6.07, 6.45) is 2.42. The predicted octanol–water partition coefficient (Wildman–Crippen LogP) is 2.68. The number of rotatable bonds is 3. The van der Waals surface area contributed by atoms with Crippen LogP contribution in [0.3, 0.4) is 0 Å². The quantitative estimate of drug-likeness (QED) is 0.844. The van der Waals surface area contributed by atoms with Crippen LogP contribution in [0.4, 0.5) is 0 Å². The van der Waals surface area contributed by atoms with Crippen molar-refractivity contribution < 1.29 is 4.74 Å². The molecule has 0 aromatic heterocycles. The highest BCUT2D eigenvalue weighted by molar-refractivity contribution is 5.24. The maximum Gasteiger partial charge on any atom is 0.0491 e. The molecule has 1 fully saturated rings. The zero-order valence-corrected chi connectivity index (χ0v) is 10.2. The third-order valence-corrected chi connectivity index (χ3v) is 3.39. The number of methoxy groups -OCH3 is 1. The molecule has 2 rings (SSSR count). The Hall–Kier alpha value is -0.860. The van der Waals surface area contributed by atoms with E-state index < -0.39 is 0 Å². The molecule has 2 heteroatoms. The van der Waals surface area contributed by atoms with E-state index in [1.54, 1.807) is 7.11 Å². The Bertz CT molecular complexity index is 318. The van der Waals surface area contributed by atoms with E-state index >= 15 is 0 Å². The molecule has 1 aromatic rings. The van der Waals surface area contributed by atoms with Gasteiger partial charge < -0.3 is 10.1 Å². The zero-order chi connectivity index (χ0) is 11.4. The largest absolute Gasteiger partial charge is 0.384 e. The molecule has 2 unspecified atom stereocenters. The Balaban J connectivity index is 2.01. The maximum atomic E-state index is 5.26. The summed E-state index contributed by atoms with van der Waals surface area (Å²) in [5.74, 6) is 0.706. The normalized spacial score (nSPS) is 25.6. The molecule has 88 valence electrons. The topological polar surface area (TPSA) is 21.3 Å². The molecule has 1 N–H and O–H groups in total. The minimum absolute atomic E-state index is 0.509. The molecule has 0 amide bonds. The Kier molecular flexibility index (Phi) is 3.97. The van der Waals surface area contributed by atoms with Crippen molar-refractivity contribution in [3.05, 3.63) is 35.4 Å². The Morgan fingerprint density at radius 3 is 2.75 bits per heavy atom. The van der Waals surface area contributed by atoms with Crippen molar-refractivity contribution in [3.63, 3.8) is 0 Å². The van der Waals surface area contributed by atoms with Crippen molar-refractivity contribution >= 4 is 0 Å². The Labute approximate surface area is 98.0 Å². The first-order valence-corrected chi connectivity index (χ1v) is 6.08. The van der Waals surface area contributed by atoms with Crippen LogP contribution in [0, 0.1) is 12.8 Å². The van der Waals surface area contributed by atoms with Gasteiger partial charge in [-0.25, -0.2) is 0 Å². The molecule has 16 heavy (non-hydrogen) atoms. The molecular weight excluding hydrogens is 198 g/mol. The Morgan fingerprint density at radius 2 is 2.06 bits per heavy atom. The van der Waals surface area contributed by atoms with E-state index in [-0.39, 0.29) is 0 Å². The van der Waals surface area contributed by atoms with E-state index in [4.69, 9.17) is 4.74 Å². The van der Waals surface area contributed by atoms with E-state index in [0.717, 1.165) is 13.2 Å². The fourth-order valence-electron chi connectivity index (χ4n) is 2.44. The van der Waals surface area contributed by atoms with Crippen LogP contribution >= 0.6 is 0 Å². The molecule has 0 bridgehead atoms. The van der Waals surface area contributed by atoms with Crippen molar-refractivity contribution in [2.75, 3.05) is 20.3 Å². The number of ether oxygens (including phenoxy) is 1. The van der Waals surface area contributed by atoms with Crippen LogP contribution in [0.5, 0.6) is 0 Å². The predicted molar refractivity (Wildman–Crippen MR) is 66.5 cm³/mol. The number of benzene rings is 1. The summed E-state index contributed by atoms with van der Waals surface area (Å²) < 4.78 is 5.26. The van der Waals surface area contributed by atoms with Crippen molar-refractivity contribution in [2.24, 2.45) is 5.92 Å².